The Balaban J connectivity index is 0.000000593. The number of hydrogen-bond acceptors (Lipinski definition) is 3. The van der Waals surface area contributed by atoms with Gasteiger partial charge in [-0.25, -0.2) is 0 Å². The molecule has 2 aromatic carbocycles. The Bertz CT molecular complexity index is 563. The first kappa shape index (κ1) is 18.7. The second-order valence-electron chi connectivity index (χ2n) is 5.47. The number of benzene rings is 2. The molecule has 0 saturated heterocycles. The van der Waals surface area contributed by atoms with Gasteiger partial charge >= 0.3 is 0 Å². The minimum absolute atomic E-state index is 0.334. The molecule has 23 heavy (non-hydrogen) atoms. The maximum atomic E-state index is 9.23. The fourth-order valence-electron chi connectivity index (χ4n) is 2.06. The van der Waals surface area contributed by atoms with Gasteiger partial charge in [-0.1, -0.05) is 42.5 Å². The third-order valence-electron chi connectivity index (χ3n) is 3.34. The maximum Gasteiger partial charge on any atom is 0.300 e. The highest BCUT2D eigenvalue weighted by atomic mass is 16.4. The number of carboxylic acid groups (broad SMARTS) is 1. The summed E-state index contributed by atoms with van der Waals surface area (Å²) in [4.78, 5) is 11.3. The van der Waals surface area contributed by atoms with Crippen LogP contribution in [-0.2, 0) is 17.6 Å². The van der Waals surface area contributed by atoms with Crippen molar-refractivity contribution in [1.82, 2.24) is 4.90 Å². The first-order valence-corrected chi connectivity index (χ1v) is 7.67. The lowest BCUT2D eigenvalue weighted by molar-refractivity contribution is -0.134. The summed E-state index contributed by atoms with van der Waals surface area (Å²) in [6, 6.07) is 18.1. The normalized spacial score (nSPS) is 10.0. The number of nitrogens with zero attached hydrogens (tertiary/aromatic N) is 1. The van der Waals surface area contributed by atoms with Crippen molar-refractivity contribution in [3.63, 3.8) is 0 Å². The van der Waals surface area contributed by atoms with Gasteiger partial charge in [0.25, 0.3) is 5.97 Å². The lowest BCUT2D eigenvalue weighted by Gasteiger charge is -2.16. The minimum Gasteiger partial charge on any atom is -0.508 e. The summed E-state index contributed by atoms with van der Waals surface area (Å²) in [5.74, 6) is -0.499. The summed E-state index contributed by atoms with van der Waals surface area (Å²) in [5.41, 5.74) is 2.66. The Hall–Kier alpha value is -2.33. The van der Waals surface area contributed by atoms with E-state index in [0.29, 0.717) is 5.75 Å². The third-order valence-corrected chi connectivity index (χ3v) is 3.34. The van der Waals surface area contributed by atoms with Crippen molar-refractivity contribution in [3.05, 3.63) is 65.7 Å². The smallest absolute Gasteiger partial charge is 0.300 e. The first-order chi connectivity index (χ1) is 11.0. The molecule has 0 saturated carbocycles. The summed E-state index contributed by atoms with van der Waals surface area (Å²) < 4.78 is 0. The number of phenolic OH excluding ortho intramolecular Hbond substituents is 1. The topological polar surface area (TPSA) is 60.8 Å². The summed E-state index contributed by atoms with van der Waals surface area (Å²) >= 11 is 0. The molecule has 2 rings (SSSR count). The number of phenols is 1. The largest absolute Gasteiger partial charge is 0.508 e. The standard InChI is InChI=1S/C17H21NO.C2H4O2/c1-18(13-11-15-5-3-2-4-6-15)14-12-16-7-9-17(19)10-8-16;1-2(3)4/h2-10,19H,11-14H2,1H3;1H3,(H,3,4). The zero-order valence-electron chi connectivity index (χ0n) is 13.8. The Kier molecular flexibility index (Phi) is 8.47. The Morgan fingerprint density at radius 1 is 0.913 bits per heavy atom. The molecule has 0 aromatic heterocycles. The van der Waals surface area contributed by atoms with Gasteiger partial charge in [0.15, 0.2) is 0 Å². The lowest BCUT2D eigenvalue weighted by Crippen LogP contribution is -2.23. The Labute approximate surface area is 138 Å². The molecule has 0 aliphatic rings. The monoisotopic (exact) mass is 315 g/mol. The number of carbonyl (C=O) groups is 1. The van der Waals surface area contributed by atoms with Crippen molar-refractivity contribution >= 4 is 5.97 Å². The quantitative estimate of drug-likeness (QED) is 0.859. The summed E-state index contributed by atoms with van der Waals surface area (Å²) in [6.45, 7) is 3.19. The van der Waals surface area contributed by atoms with Crippen LogP contribution in [0.2, 0.25) is 0 Å². The molecule has 0 spiro atoms. The van der Waals surface area contributed by atoms with Crippen molar-refractivity contribution in [2.45, 2.75) is 19.8 Å². The van der Waals surface area contributed by atoms with Gasteiger partial charge in [0.05, 0.1) is 0 Å². The van der Waals surface area contributed by atoms with E-state index in [-0.39, 0.29) is 0 Å². The average molecular weight is 315 g/mol. The van der Waals surface area contributed by atoms with Crippen LogP contribution in [0.3, 0.4) is 0 Å². The number of rotatable bonds is 6. The van der Waals surface area contributed by atoms with Gasteiger partial charge < -0.3 is 15.1 Å². The van der Waals surface area contributed by atoms with Crippen molar-refractivity contribution < 1.29 is 15.0 Å². The molecule has 4 heteroatoms. The van der Waals surface area contributed by atoms with Gasteiger partial charge in [-0.05, 0) is 43.1 Å². The van der Waals surface area contributed by atoms with E-state index < -0.39 is 5.97 Å². The fourth-order valence-corrected chi connectivity index (χ4v) is 2.06. The van der Waals surface area contributed by atoms with Crippen LogP contribution < -0.4 is 0 Å². The van der Waals surface area contributed by atoms with Crippen LogP contribution in [0.25, 0.3) is 0 Å². The summed E-state index contributed by atoms with van der Waals surface area (Å²) in [6.07, 6.45) is 2.11. The number of aromatic hydroxyl groups is 1. The molecule has 2 N–H and O–H groups in total. The predicted molar refractivity (Wildman–Crippen MR) is 92.8 cm³/mol. The highest BCUT2D eigenvalue weighted by Gasteiger charge is 2.00. The molecule has 124 valence electrons. The highest BCUT2D eigenvalue weighted by Crippen LogP contribution is 2.10. The SMILES string of the molecule is CC(=O)O.CN(CCc1ccccc1)CCc1ccc(O)cc1. The fraction of sp³-hybridized carbons (Fsp3) is 0.316. The van der Waals surface area contributed by atoms with E-state index in [4.69, 9.17) is 9.90 Å². The summed E-state index contributed by atoms with van der Waals surface area (Å²) in [5, 5.41) is 16.7. The molecule has 0 fully saturated rings. The van der Waals surface area contributed by atoms with Crippen LogP contribution >= 0.6 is 0 Å². The van der Waals surface area contributed by atoms with Gasteiger partial charge in [0.1, 0.15) is 5.75 Å². The van der Waals surface area contributed by atoms with Crippen molar-refractivity contribution in [1.29, 1.82) is 0 Å². The Morgan fingerprint density at radius 3 is 1.83 bits per heavy atom. The molecule has 0 aliphatic heterocycles. The zero-order valence-corrected chi connectivity index (χ0v) is 13.8. The van der Waals surface area contributed by atoms with E-state index in [1.54, 1.807) is 12.1 Å². The average Bonchev–Trinajstić information content (AvgIpc) is 2.53. The van der Waals surface area contributed by atoms with Gasteiger partial charge in [0.2, 0.25) is 0 Å². The van der Waals surface area contributed by atoms with E-state index in [1.165, 1.54) is 11.1 Å². The second kappa shape index (κ2) is 10.4. The molecule has 4 nitrogen and oxygen atoms in total. The highest BCUT2D eigenvalue weighted by molar-refractivity contribution is 5.62. The third kappa shape index (κ3) is 9.32. The van der Waals surface area contributed by atoms with E-state index >= 15 is 0 Å². The van der Waals surface area contributed by atoms with Crippen LogP contribution in [0.15, 0.2) is 54.6 Å². The molecule has 0 unspecified atom stereocenters. The second-order valence-corrected chi connectivity index (χ2v) is 5.47. The van der Waals surface area contributed by atoms with Crippen molar-refractivity contribution in [2.75, 3.05) is 20.1 Å². The van der Waals surface area contributed by atoms with E-state index in [0.717, 1.165) is 32.9 Å². The van der Waals surface area contributed by atoms with Crippen LogP contribution in [0, 0.1) is 0 Å². The summed E-state index contributed by atoms with van der Waals surface area (Å²) in [7, 11) is 2.16. The van der Waals surface area contributed by atoms with Gasteiger partial charge in [-0.2, -0.15) is 0 Å². The number of carboxylic acids is 1. The van der Waals surface area contributed by atoms with E-state index in [1.807, 2.05) is 12.1 Å². The van der Waals surface area contributed by atoms with Crippen LogP contribution in [0.1, 0.15) is 18.1 Å². The molecule has 0 bridgehead atoms. The first-order valence-electron chi connectivity index (χ1n) is 7.67. The zero-order chi connectivity index (χ0) is 17.1. The molecule has 0 aliphatic carbocycles. The minimum atomic E-state index is -0.833. The molecule has 0 heterocycles. The predicted octanol–water partition coefficient (Wildman–Crippen LogP) is 3.20. The van der Waals surface area contributed by atoms with Gasteiger partial charge in [-0.15, -0.1) is 0 Å². The van der Waals surface area contributed by atoms with Crippen LogP contribution in [0.5, 0.6) is 5.75 Å². The number of aliphatic carboxylic acids is 1. The van der Waals surface area contributed by atoms with E-state index in [2.05, 4.69) is 42.3 Å². The molecular weight excluding hydrogens is 290 g/mol. The van der Waals surface area contributed by atoms with Gasteiger partial charge in [-0.3, -0.25) is 4.79 Å². The number of hydrogen-bond donors (Lipinski definition) is 2. The number of likely N-dealkylation sites (N-methyl/N-ethyl adjacent to an activating group) is 1. The maximum absolute atomic E-state index is 9.23. The molecule has 2 aromatic rings. The van der Waals surface area contributed by atoms with E-state index in [9.17, 15) is 5.11 Å². The molecular formula is C19H25NO3. The molecule has 0 radical (unpaired) electrons. The Morgan fingerprint density at radius 2 is 1.35 bits per heavy atom. The lowest BCUT2D eigenvalue weighted by atomic mass is 10.1. The molecule has 0 atom stereocenters. The van der Waals surface area contributed by atoms with Crippen molar-refractivity contribution in [2.24, 2.45) is 0 Å². The van der Waals surface area contributed by atoms with Gasteiger partial charge in [0, 0.05) is 20.0 Å². The van der Waals surface area contributed by atoms with Crippen LogP contribution in [0.4, 0.5) is 0 Å². The van der Waals surface area contributed by atoms with Crippen molar-refractivity contribution in [3.8, 4) is 5.75 Å². The van der Waals surface area contributed by atoms with Crippen LogP contribution in [-0.4, -0.2) is 41.2 Å². The molecule has 0 amide bonds.